The first-order valence-corrected chi connectivity index (χ1v) is 5.02. The third-order valence-corrected chi connectivity index (χ3v) is 1.78. The van der Waals surface area contributed by atoms with Gasteiger partial charge in [0.05, 0.1) is 0 Å². The van der Waals surface area contributed by atoms with Gasteiger partial charge in [-0.05, 0) is 12.1 Å². The number of esters is 1. The van der Waals surface area contributed by atoms with E-state index in [-0.39, 0.29) is 11.5 Å². The molecule has 0 aliphatic heterocycles. The van der Waals surface area contributed by atoms with E-state index in [0.717, 1.165) is 0 Å². The average molecular weight is 234 g/mol. The number of pyridine rings is 1. The first-order valence-electron chi connectivity index (χ1n) is 5.02. The third-order valence-electron chi connectivity index (χ3n) is 1.78. The van der Waals surface area contributed by atoms with E-state index in [1.807, 2.05) is 0 Å². The van der Waals surface area contributed by atoms with Crippen LogP contribution in [0.3, 0.4) is 0 Å². The lowest BCUT2D eigenvalue weighted by molar-refractivity contribution is -0.136. The van der Waals surface area contributed by atoms with Crippen LogP contribution in [0.2, 0.25) is 0 Å². The molecular weight excluding hydrogens is 220 g/mol. The first-order chi connectivity index (χ1) is 8.00. The number of nitrogens with zero attached hydrogens (tertiary/aromatic N) is 2. The van der Waals surface area contributed by atoms with Crippen molar-refractivity contribution >= 4 is 11.8 Å². The molecule has 0 N–H and O–H groups in total. The molecule has 90 valence electrons. The van der Waals surface area contributed by atoms with E-state index >= 15 is 0 Å². The summed E-state index contributed by atoms with van der Waals surface area (Å²) in [4.78, 5) is 28.4. The monoisotopic (exact) mass is 234 g/mol. The Morgan fingerprint density at radius 1 is 1.41 bits per heavy atom. The number of hydrogen-bond acceptors (Lipinski definition) is 5. The van der Waals surface area contributed by atoms with Crippen LogP contribution in [0.15, 0.2) is 36.5 Å². The second-order valence-electron chi connectivity index (χ2n) is 3.62. The summed E-state index contributed by atoms with van der Waals surface area (Å²) >= 11 is 0. The fourth-order valence-electron chi connectivity index (χ4n) is 1.16. The number of ketones is 1. The molecule has 0 amide bonds. The van der Waals surface area contributed by atoms with Gasteiger partial charge in [-0.15, -0.1) is 0 Å². The zero-order valence-electron chi connectivity index (χ0n) is 10.0. The Bertz CT molecular complexity index is 438. The fraction of sp³-hybridized carbons (Fsp3) is 0.250. The summed E-state index contributed by atoms with van der Waals surface area (Å²) in [6.45, 7) is 1.25. The largest absolute Gasteiger partial charge is 0.421 e. The molecule has 0 atom stereocenters. The molecule has 1 rings (SSSR count). The normalized spacial score (nSPS) is 10.9. The van der Waals surface area contributed by atoms with Gasteiger partial charge >= 0.3 is 5.97 Å². The quantitative estimate of drug-likeness (QED) is 0.339. The molecule has 0 bridgehead atoms. The van der Waals surface area contributed by atoms with E-state index in [4.69, 9.17) is 4.74 Å². The Kier molecular flexibility index (Phi) is 4.39. The maximum Gasteiger partial charge on any atom is 0.308 e. The Labute approximate surface area is 99.7 Å². The fourth-order valence-corrected chi connectivity index (χ4v) is 1.16. The SMILES string of the molecule is CC(=O)O/C(=C\N(C)C)C(=O)c1cccnc1. The van der Waals surface area contributed by atoms with Gasteiger partial charge < -0.3 is 9.64 Å². The maximum atomic E-state index is 12.0. The zero-order valence-corrected chi connectivity index (χ0v) is 10.0. The zero-order chi connectivity index (χ0) is 12.8. The third kappa shape index (κ3) is 4.06. The van der Waals surface area contributed by atoms with Crippen LogP contribution in [-0.2, 0) is 9.53 Å². The van der Waals surface area contributed by atoms with Crippen molar-refractivity contribution in [3.05, 3.63) is 42.0 Å². The number of rotatable bonds is 4. The molecule has 0 aliphatic carbocycles. The van der Waals surface area contributed by atoms with Crippen molar-refractivity contribution in [1.29, 1.82) is 0 Å². The van der Waals surface area contributed by atoms with Crippen LogP contribution in [0.1, 0.15) is 17.3 Å². The molecule has 1 aromatic rings. The molecule has 0 saturated heterocycles. The lowest BCUT2D eigenvalue weighted by Crippen LogP contribution is -2.14. The number of aromatic nitrogens is 1. The Balaban J connectivity index is 2.99. The van der Waals surface area contributed by atoms with Crippen molar-refractivity contribution in [2.24, 2.45) is 0 Å². The van der Waals surface area contributed by atoms with Gasteiger partial charge in [0.1, 0.15) is 0 Å². The van der Waals surface area contributed by atoms with E-state index in [1.165, 1.54) is 19.3 Å². The minimum atomic E-state index is -0.532. The Morgan fingerprint density at radius 2 is 2.12 bits per heavy atom. The van der Waals surface area contributed by atoms with Gasteiger partial charge in [0, 0.05) is 45.2 Å². The predicted molar refractivity (Wildman–Crippen MR) is 62.1 cm³/mol. The van der Waals surface area contributed by atoms with E-state index < -0.39 is 5.97 Å². The molecule has 0 saturated carbocycles. The van der Waals surface area contributed by atoms with E-state index in [2.05, 4.69) is 4.98 Å². The number of Topliss-reactive ketones (excluding diaryl/α,β-unsaturated/α-hetero) is 1. The van der Waals surface area contributed by atoms with Gasteiger partial charge in [-0.1, -0.05) is 0 Å². The van der Waals surface area contributed by atoms with Gasteiger partial charge in [0.15, 0.2) is 5.76 Å². The highest BCUT2D eigenvalue weighted by Gasteiger charge is 2.16. The minimum absolute atomic E-state index is 0.0181. The highest BCUT2D eigenvalue weighted by molar-refractivity contribution is 6.08. The van der Waals surface area contributed by atoms with Crippen LogP contribution in [0, 0.1) is 0 Å². The number of ether oxygens (including phenoxy) is 1. The molecule has 0 unspecified atom stereocenters. The van der Waals surface area contributed by atoms with Crippen molar-refractivity contribution in [3.8, 4) is 0 Å². The van der Waals surface area contributed by atoms with Crippen LogP contribution < -0.4 is 0 Å². The summed E-state index contributed by atoms with van der Waals surface area (Å²) in [5, 5.41) is 0. The highest BCUT2D eigenvalue weighted by atomic mass is 16.5. The summed E-state index contributed by atoms with van der Waals surface area (Å²) in [6, 6.07) is 3.26. The maximum absolute atomic E-state index is 12.0. The number of hydrogen-bond donors (Lipinski definition) is 0. The second-order valence-corrected chi connectivity index (χ2v) is 3.62. The molecular formula is C12H14N2O3. The van der Waals surface area contributed by atoms with Crippen LogP contribution in [-0.4, -0.2) is 35.7 Å². The van der Waals surface area contributed by atoms with Crippen molar-refractivity contribution in [1.82, 2.24) is 9.88 Å². The summed E-state index contributed by atoms with van der Waals surface area (Å²) < 4.78 is 4.88. The summed E-state index contributed by atoms with van der Waals surface area (Å²) in [5.74, 6) is -0.923. The van der Waals surface area contributed by atoms with Crippen LogP contribution in [0.25, 0.3) is 0 Å². The lowest BCUT2D eigenvalue weighted by atomic mass is 10.1. The molecule has 0 aliphatic rings. The Morgan fingerprint density at radius 3 is 2.59 bits per heavy atom. The summed E-state index contributed by atoms with van der Waals surface area (Å²) in [6.07, 6.45) is 4.45. The smallest absolute Gasteiger partial charge is 0.308 e. The molecule has 1 aromatic heterocycles. The topological polar surface area (TPSA) is 59.5 Å². The van der Waals surface area contributed by atoms with Crippen molar-refractivity contribution in [2.75, 3.05) is 14.1 Å². The molecule has 1 heterocycles. The van der Waals surface area contributed by atoms with Gasteiger partial charge in [-0.3, -0.25) is 14.6 Å². The van der Waals surface area contributed by atoms with Gasteiger partial charge in [-0.2, -0.15) is 0 Å². The molecule has 5 heteroatoms. The number of carbonyl (C=O) groups excluding carboxylic acids is 2. The number of carbonyl (C=O) groups is 2. The molecule has 17 heavy (non-hydrogen) atoms. The molecule has 0 radical (unpaired) electrons. The van der Waals surface area contributed by atoms with Gasteiger partial charge in [-0.25, -0.2) is 0 Å². The van der Waals surface area contributed by atoms with Crippen LogP contribution in [0.4, 0.5) is 0 Å². The molecule has 0 fully saturated rings. The highest BCUT2D eigenvalue weighted by Crippen LogP contribution is 2.09. The van der Waals surface area contributed by atoms with E-state index in [1.54, 1.807) is 37.3 Å². The first kappa shape index (κ1) is 12.9. The van der Waals surface area contributed by atoms with Gasteiger partial charge in [0.25, 0.3) is 0 Å². The molecule has 0 spiro atoms. The second kappa shape index (κ2) is 5.79. The Hall–Kier alpha value is -2.17. The van der Waals surface area contributed by atoms with Crippen molar-refractivity contribution in [3.63, 3.8) is 0 Å². The number of allylic oxidation sites excluding steroid dienone is 1. The van der Waals surface area contributed by atoms with Crippen molar-refractivity contribution < 1.29 is 14.3 Å². The summed E-state index contributed by atoms with van der Waals surface area (Å²) in [7, 11) is 3.47. The standard InChI is InChI=1S/C12H14N2O3/c1-9(15)17-11(8-14(2)3)12(16)10-5-4-6-13-7-10/h4-8H,1-3H3/b11-8-. The molecule has 5 nitrogen and oxygen atoms in total. The minimum Gasteiger partial charge on any atom is -0.421 e. The van der Waals surface area contributed by atoms with E-state index in [9.17, 15) is 9.59 Å². The van der Waals surface area contributed by atoms with Crippen LogP contribution in [0.5, 0.6) is 0 Å². The lowest BCUT2D eigenvalue weighted by Gasteiger charge is -2.10. The molecule has 0 aromatic carbocycles. The van der Waals surface area contributed by atoms with Crippen molar-refractivity contribution in [2.45, 2.75) is 6.92 Å². The average Bonchev–Trinajstić information content (AvgIpc) is 2.27. The summed E-state index contributed by atoms with van der Waals surface area (Å²) in [5.41, 5.74) is 0.377. The van der Waals surface area contributed by atoms with E-state index in [0.29, 0.717) is 5.56 Å². The van der Waals surface area contributed by atoms with Crippen LogP contribution >= 0.6 is 0 Å². The van der Waals surface area contributed by atoms with Gasteiger partial charge in [0.2, 0.25) is 5.78 Å². The predicted octanol–water partition coefficient (Wildman–Crippen LogP) is 1.23.